The summed E-state index contributed by atoms with van der Waals surface area (Å²) in [6, 6.07) is 16.3. The van der Waals surface area contributed by atoms with Crippen LogP contribution >= 0.6 is 0 Å². The fourth-order valence-electron chi connectivity index (χ4n) is 7.37. The van der Waals surface area contributed by atoms with Crippen molar-refractivity contribution in [1.29, 1.82) is 0 Å². The largest absolute Gasteiger partial charge is 0.462 e. The first-order valence-corrected chi connectivity index (χ1v) is 15.9. The minimum Gasteiger partial charge on any atom is -0.462 e. The third-order valence-electron chi connectivity index (χ3n) is 9.31. The van der Waals surface area contributed by atoms with E-state index >= 15 is 0 Å². The van der Waals surface area contributed by atoms with E-state index in [1.165, 1.54) is 0 Å². The van der Waals surface area contributed by atoms with E-state index < -0.39 is 5.41 Å². The number of aromatic amines is 1. The van der Waals surface area contributed by atoms with Crippen LogP contribution in [0.5, 0.6) is 0 Å². The fourth-order valence-corrected chi connectivity index (χ4v) is 7.37. The summed E-state index contributed by atoms with van der Waals surface area (Å²) in [7, 11) is 0. The molecule has 2 aliphatic rings. The predicted octanol–water partition coefficient (Wildman–Crippen LogP) is 6.28. The zero-order valence-electron chi connectivity index (χ0n) is 25.5. The number of nitrogens with one attached hydrogen (secondary N) is 1. The summed E-state index contributed by atoms with van der Waals surface area (Å²) in [6.07, 6.45) is 8.65. The summed E-state index contributed by atoms with van der Waals surface area (Å²) in [5, 5.41) is 14.6. The summed E-state index contributed by atoms with van der Waals surface area (Å²) >= 11 is 0. The van der Waals surface area contributed by atoms with Crippen LogP contribution in [-0.2, 0) is 28.9 Å². The van der Waals surface area contributed by atoms with Crippen LogP contribution in [0.15, 0.2) is 53.3 Å². The molecule has 1 saturated carbocycles. The number of hydrogen-bond acceptors (Lipinski definition) is 6. The van der Waals surface area contributed by atoms with Gasteiger partial charge in [-0.15, -0.1) is 10.2 Å². The zero-order valence-corrected chi connectivity index (χ0v) is 25.5. The van der Waals surface area contributed by atoms with Crippen LogP contribution in [0.2, 0.25) is 0 Å². The predicted molar refractivity (Wildman–Crippen MR) is 166 cm³/mol. The number of aromatic nitrogens is 6. The molecule has 9 heteroatoms. The number of hydrogen-bond donors (Lipinski definition) is 1. The standard InChI is InChI=1S/C34H42N6O3/c1-4-11-29-28(22-24-15-17-25(18-16-24)26-12-6-7-13-27(26)31-35-37-38-36-31)32(41)40-30(14-10-21-39(29)40)34(19-8-5-9-20-34)33(42)43-23(2)3/h6-7,12-13,15-18,23,30H,4-5,8-11,14,19-22H2,1-3H3,(H,35,36,37,38). The van der Waals surface area contributed by atoms with Gasteiger partial charge >= 0.3 is 5.97 Å². The van der Waals surface area contributed by atoms with Crippen molar-refractivity contribution in [3.8, 4) is 22.5 Å². The number of fused-ring (bicyclic) bond motifs is 1. The first-order chi connectivity index (χ1) is 20.9. The maximum atomic E-state index is 14.4. The quantitative estimate of drug-likeness (QED) is 0.233. The average Bonchev–Trinajstić information content (AvgIpc) is 3.65. The number of carbonyl (C=O) groups excluding carboxylic acids is 1. The van der Waals surface area contributed by atoms with Gasteiger partial charge in [0.2, 0.25) is 5.82 Å². The zero-order chi connectivity index (χ0) is 30.0. The van der Waals surface area contributed by atoms with E-state index in [4.69, 9.17) is 4.74 Å². The Morgan fingerprint density at radius 2 is 1.79 bits per heavy atom. The third kappa shape index (κ3) is 5.45. The molecule has 1 aliphatic carbocycles. The molecule has 0 saturated heterocycles. The molecule has 1 N–H and O–H groups in total. The van der Waals surface area contributed by atoms with Gasteiger partial charge in [-0.1, -0.05) is 81.1 Å². The Morgan fingerprint density at radius 1 is 1.05 bits per heavy atom. The molecule has 0 bridgehead atoms. The second-order valence-electron chi connectivity index (χ2n) is 12.4. The number of benzene rings is 2. The number of esters is 1. The maximum Gasteiger partial charge on any atom is 0.314 e. The average molecular weight is 583 g/mol. The van der Waals surface area contributed by atoms with Crippen molar-refractivity contribution in [2.75, 3.05) is 0 Å². The van der Waals surface area contributed by atoms with Gasteiger partial charge in [0.25, 0.3) is 5.56 Å². The van der Waals surface area contributed by atoms with Crippen LogP contribution in [0.25, 0.3) is 22.5 Å². The molecular formula is C34H42N6O3. The molecule has 1 atom stereocenters. The molecule has 226 valence electrons. The minimum absolute atomic E-state index is 0.0574. The van der Waals surface area contributed by atoms with Gasteiger partial charge in [0.15, 0.2) is 0 Å². The van der Waals surface area contributed by atoms with Crippen molar-refractivity contribution in [1.82, 2.24) is 30.0 Å². The second kappa shape index (κ2) is 12.3. The lowest BCUT2D eigenvalue weighted by atomic mass is 9.67. The Balaban J connectivity index is 1.36. The van der Waals surface area contributed by atoms with Crippen molar-refractivity contribution in [2.24, 2.45) is 5.41 Å². The minimum atomic E-state index is -0.642. The lowest BCUT2D eigenvalue weighted by molar-refractivity contribution is -0.167. The number of carbonyl (C=O) groups is 1. The molecule has 9 nitrogen and oxygen atoms in total. The molecule has 4 aromatic rings. The number of rotatable bonds is 9. The van der Waals surface area contributed by atoms with Crippen LogP contribution in [0, 0.1) is 5.41 Å². The van der Waals surface area contributed by atoms with Gasteiger partial charge in [0.05, 0.1) is 17.6 Å². The lowest BCUT2D eigenvalue weighted by Crippen LogP contribution is -2.49. The van der Waals surface area contributed by atoms with Crippen LogP contribution < -0.4 is 5.56 Å². The molecule has 0 radical (unpaired) electrons. The molecule has 1 aliphatic heterocycles. The number of ether oxygens (including phenoxy) is 1. The fraction of sp³-hybridized carbons (Fsp3) is 0.500. The summed E-state index contributed by atoms with van der Waals surface area (Å²) in [5.74, 6) is 0.433. The van der Waals surface area contributed by atoms with E-state index in [1.807, 2.05) is 36.7 Å². The molecule has 6 rings (SSSR count). The van der Waals surface area contributed by atoms with E-state index in [-0.39, 0.29) is 23.7 Å². The van der Waals surface area contributed by atoms with Crippen LogP contribution in [0.3, 0.4) is 0 Å². The van der Waals surface area contributed by atoms with Gasteiger partial charge < -0.3 is 4.74 Å². The highest BCUT2D eigenvalue weighted by atomic mass is 16.5. The smallest absolute Gasteiger partial charge is 0.314 e. The van der Waals surface area contributed by atoms with Crippen molar-refractivity contribution >= 4 is 5.97 Å². The molecule has 3 heterocycles. The summed E-state index contributed by atoms with van der Waals surface area (Å²) in [6.45, 7) is 6.80. The van der Waals surface area contributed by atoms with Crippen molar-refractivity contribution in [2.45, 2.75) is 104 Å². The SMILES string of the molecule is CCCc1c(Cc2ccc(-c3ccccc3-c3nn[nH]n3)cc2)c(=O)n2n1CCCC2C1(C(=O)OC(C)C)CCCCC1. The van der Waals surface area contributed by atoms with E-state index in [1.54, 1.807) is 0 Å². The number of H-pyrrole nitrogens is 1. The van der Waals surface area contributed by atoms with Gasteiger partial charge in [0.1, 0.15) is 0 Å². The van der Waals surface area contributed by atoms with Crippen LogP contribution in [-0.4, -0.2) is 42.1 Å². The van der Waals surface area contributed by atoms with Crippen molar-refractivity contribution in [3.05, 3.63) is 75.7 Å². The Hall–Kier alpha value is -4.01. The first kappa shape index (κ1) is 29.1. The lowest BCUT2D eigenvalue weighted by Gasteiger charge is -2.44. The van der Waals surface area contributed by atoms with Gasteiger partial charge in [-0.25, -0.2) is 4.68 Å². The Labute approximate surface area is 252 Å². The number of nitrogens with zero attached hydrogens (tertiary/aromatic N) is 5. The summed E-state index contributed by atoms with van der Waals surface area (Å²) < 4.78 is 10.1. The normalized spacial score (nSPS) is 18.0. The van der Waals surface area contributed by atoms with E-state index in [0.717, 1.165) is 97.8 Å². The topological polar surface area (TPSA) is 108 Å². The third-order valence-corrected chi connectivity index (χ3v) is 9.31. The van der Waals surface area contributed by atoms with Crippen LogP contribution in [0.4, 0.5) is 0 Å². The van der Waals surface area contributed by atoms with Crippen molar-refractivity contribution in [3.63, 3.8) is 0 Å². The Bertz CT molecular complexity index is 1610. The molecule has 2 aromatic heterocycles. The molecular weight excluding hydrogens is 540 g/mol. The Kier molecular flexibility index (Phi) is 8.32. The molecule has 43 heavy (non-hydrogen) atoms. The number of tetrazole rings is 1. The van der Waals surface area contributed by atoms with E-state index in [2.05, 4.69) is 62.6 Å². The molecule has 0 amide bonds. The molecule has 2 aromatic carbocycles. The van der Waals surface area contributed by atoms with Gasteiger partial charge in [-0.3, -0.25) is 14.3 Å². The highest BCUT2D eigenvalue weighted by molar-refractivity contribution is 5.80. The summed E-state index contributed by atoms with van der Waals surface area (Å²) in [4.78, 5) is 28.1. The monoisotopic (exact) mass is 582 g/mol. The summed E-state index contributed by atoms with van der Waals surface area (Å²) in [5.41, 5.74) is 5.46. The maximum absolute atomic E-state index is 14.4. The highest BCUT2D eigenvalue weighted by Crippen LogP contribution is 2.49. The van der Waals surface area contributed by atoms with E-state index in [0.29, 0.717) is 12.2 Å². The van der Waals surface area contributed by atoms with Gasteiger partial charge in [-0.05, 0) is 67.9 Å². The molecule has 1 unspecified atom stereocenters. The molecule has 0 spiro atoms. The molecule has 1 fully saturated rings. The first-order valence-electron chi connectivity index (χ1n) is 15.9. The van der Waals surface area contributed by atoms with E-state index in [9.17, 15) is 9.59 Å². The van der Waals surface area contributed by atoms with Crippen LogP contribution in [0.1, 0.15) is 95.0 Å². The van der Waals surface area contributed by atoms with Crippen molar-refractivity contribution < 1.29 is 9.53 Å². The second-order valence-corrected chi connectivity index (χ2v) is 12.4. The highest BCUT2D eigenvalue weighted by Gasteiger charge is 2.51. The van der Waals surface area contributed by atoms with Gasteiger partial charge in [-0.2, -0.15) is 5.21 Å². The van der Waals surface area contributed by atoms with Gasteiger partial charge in [0, 0.05) is 29.8 Å². The Morgan fingerprint density at radius 3 is 2.47 bits per heavy atom.